The first kappa shape index (κ1) is 24.0. The molecule has 1 aromatic heterocycles. The predicted octanol–water partition coefficient (Wildman–Crippen LogP) is 3.12. The van der Waals surface area contributed by atoms with E-state index in [1.54, 1.807) is 27.8 Å². The number of alkyl halides is 2. The van der Waals surface area contributed by atoms with Crippen LogP contribution in [0, 0.1) is 14.9 Å². The first-order chi connectivity index (χ1) is 14.2. The number of piperidine rings is 1. The van der Waals surface area contributed by atoms with Gasteiger partial charge in [0.1, 0.15) is 21.0 Å². The number of nitrogens with zero attached hydrogens (tertiary/aromatic N) is 3. The van der Waals surface area contributed by atoms with E-state index >= 15 is 8.78 Å². The molecule has 0 unspecified atom stereocenters. The third-order valence-corrected chi connectivity index (χ3v) is 7.32. The van der Waals surface area contributed by atoms with Gasteiger partial charge < -0.3 is 20.7 Å². The highest BCUT2D eigenvalue weighted by atomic mass is 127. The van der Waals surface area contributed by atoms with Crippen molar-refractivity contribution in [2.75, 3.05) is 23.7 Å². The molecule has 8 nitrogen and oxygen atoms in total. The molecule has 1 saturated heterocycles. The summed E-state index contributed by atoms with van der Waals surface area (Å²) in [4.78, 5) is 30.9. The Balaban J connectivity index is 1.83. The normalized spacial score (nSPS) is 25.0. The first-order valence-corrected chi connectivity index (χ1v) is 11.4. The average Bonchev–Trinajstić information content (AvgIpc) is 2.83. The van der Waals surface area contributed by atoms with Crippen LogP contribution in [0.2, 0.25) is 0 Å². The maximum Gasteiger partial charge on any atom is 0.408 e. The SMILES string of the molecule is C[C@@H]1CC2(CCN(c3nc(N)c(I)c(=O)n3C)CC2)[C@H](NC(=O)OC(C)(C)C)C1(F)F. The van der Waals surface area contributed by atoms with Crippen molar-refractivity contribution >= 4 is 40.5 Å². The Hall–Kier alpha value is -1.66. The number of hydrogen-bond donors (Lipinski definition) is 2. The minimum Gasteiger partial charge on any atom is -0.444 e. The van der Waals surface area contributed by atoms with E-state index in [0.29, 0.717) is 41.9 Å². The highest BCUT2D eigenvalue weighted by Gasteiger charge is 2.63. The summed E-state index contributed by atoms with van der Waals surface area (Å²) in [5.41, 5.74) is 4.10. The summed E-state index contributed by atoms with van der Waals surface area (Å²) in [6, 6.07) is -1.31. The second-order valence-electron chi connectivity index (χ2n) is 9.68. The Bertz CT molecular complexity index is 923. The van der Waals surface area contributed by atoms with Gasteiger partial charge in [0.15, 0.2) is 0 Å². The second-order valence-corrected chi connectivity index (χ2v) is 10.8. The highest BCUT2D eigenvalue weighted by molar-refractivity contribution is 14.1. The van der Waals surface area contributed by atoms with Crippen molar-refractivity contribution in [3.05, 3.63) is 13.9 Å². The number of carbonyl (C=O) groups excluding carboxylic acids is 1. The minimum atomic E-state index is -3.04. The Morgan fingerprint density at radius 2 is 1.90 bits per heavy atom. The largest absolute Gasteiger partial charge is 0.444 e. The van der Waals surface area contributed by atoms with Gasteiger partial charge in [-0.1, -0.05) is 6.92 Å². The van der Waals surface area contributed by atoms with E-state index in [-0.39, 0.29) is 11.4 Å². The minimum absolute atomic E-state index is 0.157. The fourth-order valence-corrected chi connectivity index (χ4v) is 5.22. The quantitative estimate of drug-likeness (QED) is 0.546. The smallest absolute Gasteiger partial charge is 0.408 e. The van der Waals surface area contributed by atoms with Gasteiger partial charge in [-0.15, -0.1) is 0 Å². The van der Waals surface area contributed by atoms with Gasteiger partial charge in [0.05, 0.1) is 0 Å². The molecule has 1 spiro atoms. The van der Waals surface area contributed by atoms with Gasteiger partial charge in [0.2, 0.25) is 5.95 Å². The van der Waals surface area contributed by atoms with Crippen LogP contribution in [0.5, 0.6) is 0 Å². The Morgan fingerprint density at radius 1 is 1.32 bits per heavy atom. The van der Waals surface area contributed by atoms with Crippen molar-refractivity contribution in [3.63, 3.8) is 0 Å². The molecular formula is C20H30F2IN5O3. The molecule has 0 bridgehead atoms. The lowest BCUT2D eigenvalue weighted by atomic mass is 9.73. The second kappa shape index (κ2) is 8.04. The maximum absolute atomic E-state index is 15.1. The summed E-state index contributed by atoms with van der Waals surface area (Å²) in [5.74, 6) is -3.33. The van der Waals surface area contributed by atoms with Crippen molar-refractivity contribution < 1.29 is 18.3 Å². The van der Waals surface area contributed by atoms with Crippen LogP contribution < -0.4 is 21.5 Å². The molecule has 2 aliphatic rings. The van der Waals surface area contributed by atoms with Crippen LogP contribution in [0.1, 0.15) is 47.0 Å². The summed E-state index contributed by atoms with van der Waals surface area (Å²) >= 11 is 1.86. The van der Waals surface area contributed by atoms with Crippen LogP contribution in [0.3, 0.4) is 0 Å². The zero-order valence-electron chi connectivity index (χ0n) is 18.5. The monoisotopic (exact) mass is 553 g/mol. The van der Waals surface area contributed by atoms with Crippen molar-refractivity contribution in [3.8, 4) is 0 Å². The highest BCUT2D eigenvalue weighted by Crippen LogP contribution is 2.56. The summed E-state index contributed by atoms with van der Waals surface area (Å²) in [6.45, 7) is 7.46. The zero-order chi connectivity index (χ0) is 23.4. The Labute approximate surface area is 194 Å². The van der Waals surface area contributed by atoms with Gasteiger partial charge >= 0.3 is 6.09 Å². The molecule has 2 atom stereocenters. The number of rotatable bonds is 2. The lowest BCUT2D eigenvalue weighted by Gasteiger charge is -2.44. The Morgan fingerprint density at radius 3 is 2.45 bits per heavy atom. The molecule has 174 valence electrons. The summed E-state index contributed by atoms with van der Waals surface area (Å²) in [6.07, 6.45) is 0.322. The van der Waals surface area contributed by atoms with Crippen LogP contribution in [0.25, 0.3) is 0 Å². The van der Waals surface area contributed by atoms with E-state index in [1.165, 1.54) is 11.5 Å². The van der Waals surface area contributed by atoms with Crippen LogP contribution >= 0.6 is 22.6 Å². The Kier molecular flexibility index (Phi) is 6.22. The molecule has 1 aliphatic heterocycles. The number of nitrogen functional groups attached to an aromatic ring is 1. The molecule has 1 aromatic rings. The van der Waals surface area contributed by atoms with E-state index in [9.17, 15) is 9.59 Å². The fraction of sp³-hybridized carbons (Fsp3) is 0.750. The molecule has 1 amide bonds. The number of nitrogens with one attached hydrogen (secondary N) is 1. The molecule has 31 heavy (non-hydrogen) atoms. The van der Waals surface area contributed by atoms with Gasteiger partial charge in [-0.3, -0.25) is 9.36 Å². The van der Waals surface area contributed by atoms with Crippen molar-refractivity contribution in [1.29, 1.82) is 0 Å². The van der Waals surface area contributed by atoms with Crippen molar-refractivity contribution in [2.24, 2.45) is 18.4 Å². The number of amides is 1. The van der Waals surface area contributed by atoms with Gasteiger partial charge in [-0.05, 0) is 62.6 Å². The third kappa shape index (κ3) is 4.47. The summed E-state index contributed by atoms with van der Waals surface area (Å²) in [7, 11) is 1.62. The molecule has 1 aliphatic carbocycles. The van der Waals surface area contributed by atoms with Crippen LogP contribution in [-0.2, 0) is 11.8 Å². The lowest BCUT2D eigenvalue weighted by molar-refractivity contribution is -0.0694. The molecule has 3 N–H and O–H groups in total. The maximum atomic E-state index is 15.1. The van der Waals surface area contributed by atoms with E-state index in [1.807, 2.05) is 27.5 Å². The van der Waals surface area contributed by atoms with Gasteiger partial charge in [-0.25, -0.2) is 13.6 Å². The fourth-order valence-electron chi connectivity index (χ4n) is 4.74. The number of aromatic nitrogens is 2. The van der Waals surface area contributed by atoms with Gasteiger partial charge in [-0.2, -0.15) is 4.98 Å². The number of nitrogens with two attached hydrogens (primary N) is 1. The zero-order valence-corrected chi connectivity index (χ0v) is 20.6. The van der Waals surface area contributed by atoms with E-state index in [0.717, 1.165) is 0 Å². The topological polar surface area (TPSA) is 102 Å². The molecule has 2 fully saturated rings. The standard InChI is InChI=1S/C20H30F2IN5O3/c1-11-10-19(15(20(11,21)22)26-17(30)31-18(2,3)4)6-8-28(9-7-19)16-25-13(24)12(23)14(29)27(16)5/h11,15H,6-10,24H2,1-5H3,(H,26,30)/t11-,15+/m1/s1. The molecule has 2 heterocycles. The lowest BCUT2D eigenvalue weighted by Crippen LogP contribution is -2.57. The van der Waals surface area contributed by atoms with E-state index < -0.39 is 35.0 Å². The number of hydrogen-bond acceptors (Lipinski definition) is 6. The van der Waals surface area contributed by atoms with Gasteiger partial charge in [0.25, 0.3) is 11.5 Å². The van der Waals surface area contributed by atoms with Crippen LogP contribution in [0.15, 0.2) is 4.79 Å². The first-order valence-electron chi connectivity index (χ1n) is 10.3. The number of halogens is 3. The number of carbonyl (C=O) groups is 1. The van der Waals surface area contributed by atoms with Crippen molar-refractivity contribution in [1.82, 2.24) is 14.9 Å². The van der Waals surface area contributed by atoms with E-state index in [2.05, 4.69) is 10.3 Å². The molecule has 1 saturated carbocycles. The van der Waals surface area contributed by atoms with Gasteiger partial charge in [0, 0.05) is 31.5 Å². The van der Waals surface area contributed by atoms with Crippen LogP contribution in [0.4, 0.5) is 25.3 Å². The summed E-state index contributed by atoms with van der Waals surface area (Å²) in [5, 5.41) is 2.49. The number of anilines is 2. The molecule has 3 rings (SSSR count). The third-order valence-electron chi connectivity index (χ3n) is 6.31. The molecule has 11 heteroatoms. The molecular weight excluding hydrogens is 523 g/mol. The summed E-state index contributed by atoms with van der Waals surface area (Å²) < 4.78 is 37.2. The predicted molar refractivity (Wildman–Crippen MR) is 122 cm³/mol. The average molecular weight is 553 g/mol. The molecule has 0 radical (unpaired) electrons. The molecule has 0 aromatic carbocycles. The van der Waals surface area contributed by atoms with E-state index in [4.69, 9.17) is 10.5 Å². The van der Waals surface area contributed by atoms with Crippen LogP contribution in [-0.4, -0.2) is 46.3 Å². The number of ether oxygens (including phenoxy) is 1. The number of alkyl carbamates (subject to hydrolysis) is 1. The van der Waals surface area contributed by atoms with Crippen molar-refractivity contribution in [2.45, 2.75) is 64.5 Å².